The molecule has 11 heteroatoms. The zero-order valence-electron chi connectivity index (χ0n) is 39.9. The number of carbonyl (C=O) groups is 4. The van der Waals surface area contributed by atoms with Crippen LogP contribution in [-0.2, 0) is 42.9 Å². The normalized spacial score (nSPS) is 12.4. The van der Waals surface area contributed by atoms with Crippen LogP contribution >= 0.6 is 0 Å². The van der Waals surface area contributed by atoms with Gasteiger partial charge in [-0.3, -0.25) is 19.2 Å². The lowest BCUT2D eigenvalue weighted by Crippen LogP contribution is -2.47. The van der Waals surface area contributed by atoms with Crippen molar-refractivity contribution in [1.29, 1.82) is 0 Å². The summed E-state index contributed by atoms with van der Waals surface area (Å²) in [6.45, 7) is 12.4. The van der Waals surface area contributed by atoms with Crippen molar-refractivity contribution < 1.29 is 42.9 Å². The van der Waals surface area contributed by atoms with Gasteiger partial charge in [-0.2, -0.15) is 0 Å². The molecule has 0 spiro atoms. The Kier molecular flexibility index (Phi) is 40.0. The van der Waals surface area contributed by atoms with Gasteiger partial charge in [-0.25, -0.2) is 0 Å². The summed E-state index contributed by atoms with van der Waals surface area (Å²) in [5.74, 6) is 11.4. The second-order valence-electron chi connectivity index (χ2n) is 16.3. The van der Waals surface area contributed by atoms with Crippen LogP contribution in [0.3, 0.4) is 0 Å². The fourth-order valence-corrected chi connectivity index (χ4v) is 6.48. The van der Waals surface area contributed by atoms with Gasteiger partial charge in [0.25, 0.3) is 0 Å². The van der Waals surface area contributed by atoms with Gasteiger partial charge >= 0.3 is 17.9 Å². The van der Waals surface area contributed by atoms with Crippen molar-refractivity contribution >= 4 is 23.8 Å². The molecule has 0 radical (unpaired) electrons. The van der Waals surface area contributed by atoms with E-state index in [4.69, 9.17) is 23.7 Å². The summed E-state index contributed by atoms with van der Waals surface area (Å²) in [4.78, 5) is 56.2. The molecule has 1 amide bonds. The molecule has 0 aliphatic heterocycles. The molecular weight excluding hydrogens is 773 g/mol. The van der Waals surface area contributed by atoms with Gasteiger partial charge < -0.3 is 33.5 Å². The molecule has 0 aromatic heterocycles. The summed E-state index contributed by atoms with van der Waals surface area (Å²) >= 11 is 0. The van der Waals surface area contributed by atoms with Crippen molar-refractivity contribution in [3.8, 4) is 23.7 Å². The van der Waals surface area contributed by atoms with Gasteiger partial charge in [0.2, 0.25) is 5.91 Å². The highest BCUT2D eigenvalue weighted by Gasteiger charge is 2.27. The summed E-state index contributed by atoms with van der Waals surface area (Å²) in [6.07, 6.45) is 19.6. The minimum atomic E-state index is -0.697. The molecule has 0 bridgehead atoms. The Balaban J connectivity index is 5.56. The van der Waals surface area contributed by atoms with E-state index in [-0.39, 0.29) is 62.8 Å². The van der Waals surface area contributed by atoms with Crippen LogP contribution in [0.15, 0.2) is 0 Å². The fourth-order valence-electron chi connectivity index (χ4n) is 6.48. The van der Waals surface area contributed by atoms with Crippen molar-refractivity contribution in [1.82, 2.24) is 9.80 Å². The number of hydrogen-bond donors (Lipinski definition) is 0. The summed E-state index contributed by atoms with van der Waals surface area (Å²) in [5.41, 5.74) is 0. The fraction of sp³-hybridized carbons (Fsp3) is 0.840. The Labute approximate surface area is 372 Å². The number of carbonyl (C=O) groups excluding carboxylic acids is 4. The topological polar surface area (TPSA) is 121 Å². The number of unbranched alkanes of at least 4 members (excludes halogenated alkanes) is 10. The zero-order valence-corrected chi connectivity index (χ0v) is 39.9. The van der Waals surface area contributed by atoms with Gasteiger partial charge in [0.05, 0.1) is 25.7 Å². The second-order valence-corrected chi connectivity index (χ2v) is 16.3. The molecule has 11 nitrogen and oxygen atoms in total. The summed E-state index contributed by atoms with van der Waals surface area (Å²) < 4.78 is 29.4. The highest BCUT2D eigenvalue weighted by molar-refractivity contribution is 5.82. The van der Waals surface area contributed by atoms with Crippen molar-refractivity contribution in [2.45, 2.75) is 220 Å². The van der Waals surface area contributed by atoms with Crippen molar-refractivity contribution in [2.75, 3.05) is 53.6 Å². The Hall–Kier alpha value is -3.12. The van der Waals surface area contributed by atoms with Crippen LogP contribution in [0.4, 0.5) is 0 Å². The lowest BCUT2D eigenvalue weighted by molar-refractivity contribution is -0.156. The second kappa shape index (κ2) is 42.2. The Morgan fingerprint density at radius 2 is 1.05 bits per heavy atom. The van der Waals surface area contributed by atoms with Crippen LogP contribution < -0.4 is 0 Å². The van der Waals surface area contributed by atoms with Gasteiger partial charge in [-0.15, -0.1) is 23.7 Å². The van der Waals surface area contributed by atoms with Crippen LogP contribution in [-0.4, -0.2) is 106 Å². The number of esters is 3. The molecule has 0 fully saturated rings. The molecule has 0 saturated heterocycles. The van der Waals surface area contributed by atoms with E-state index in [1.807, 2.05) is 25.9 Å². The average molecular weight is 861 g/mol. The maximum absolute atomic E-state index is 13.9. The number of rotatable bonds is 39. The maximum atomic E-state index is 13.9. The molecule has 3 atom stereocenters. The molecule has 0 aromatic carbocycles. The van der Waals surface area contributed by atoms with Crippen LogP contribution in [0.1, 0.15) is 202 Å². The monoisotopic (exact) mass is 861 g/mol. The molecule has 0 rings (SSSR count). The third-order valence-corrected chi connectivity index (χ3v) is 10.1. The molecule has 352 valence electrons. The van der Waals surface area contributed by atoms with Crippen LogP contribution in [0, 0.1) is 23.7 Å². The number of ether oxygens (including phenoxy) is 5. The van der Waals surface area contributed by atoms with E-state index in [0.29, 0.717) is 64.7 Å². The van der Waals surface area contributed by atoms with E-state index >= 15 is 0 Å². The first-order chi connectivity index (χ1) is 29.6. The average Bonchev–Trinajstić information content (AvgIpc) is 3.24. The first-order valence-electron chi connectivity index (χ1n) is 24.2. The zero-order chi connectivity index (χ0) is 45.2. The smallest absolute Gasteiger partial charge is 0.306 e. The molecule has 0 saturated carbocycles. The van der Waals surface area contributed by atoms with Crippen LogP contribution in [0.25, 0.3) is 0 Å². The third kappa shape index (κ3) is 36.1. The molecule has 0 heterocycles. The van der Waals surface area contributed by atoms with E-state index in [0.717, 1.165) is 90.0 Å². The highest BCUT2D eigenvalue weighted by atomic mass is 16.7. The lowest BCUT2D eigenvalue weighted by Gasteiger charge is -2.32. The molecule has 3 unspecified atom stereocenters. The predicted octanol–water partition coefficient (Wildman–Crippen LogP) is 10.4. The third-order valence-electron chi connectivity index (χ3n) is 10.1. The lowest BCUT2D eigenvalue weighted by atomic mass is 10.1. The summed E-state index contributed by atoms with van der Waals surface area (Å²) in [5, 5.41) is 0. The Morgan fingerprint density at radius 3 is 1.64 bits per heavy atom. The van der Waals surface area contributed by atoms with E-state index in [2.05, 4.69) is 51.4 Å². The van der Waals surface area contributed by atoms with Gasteiger partial charge in [-0.05, 0) is 84.8 Å². The Morgan fingerprint density at radius 1 is 0.492 bits per heavy atom. The minimum absolute atomic E-state index is 0.0474. The van der Waals surface area contributed by atoms with E-state index in [9.17, 15) is 19.2 Å². The first kappa shape index (κ1) is 57.9. The van der Waals surface area contributed by atoms with Crippen molar-refractivity contribution in [2.24, 2.45) is 0 Å². The number of hydrogen-bond acceptors (Lipinski definition) is 10. The highest BCUT2D eigenvalue weighted by Crippen LogP contribution is 2.16. The minimum Gasteiger partial charge on any atom is -0.463 e. The maximum Gasteiger partial charge on any atom is 0.306 e. The number of amides is 1. The van der Waals surface area contributed by atoms with Crippen LogP contribution in [0.2, 0.25) is 0 Å². The van der Waals surface area contributed by atoms with E-state index < -0.39 is 18.3 Å². The largest absolute Gasteiger partial charge is 0.463 e. The summed E-state index contributed by atoms with van der Waals surface area (Å²) in [6, 6.07) is -0.697. The van der Waals surface area contributed by atoms with Crippen LogP contribution in [0.5, 0.6) is 0 Å². The van der Waals surface area contributed by atoms with Crippen molar-refractivity contribution in [3.63, 3.8) is 0 Å². The number of nitrogens with zero attached hydrogens (tertiary/aromatic N) is 2. The molecule has 61 heavy (non-hydrogen) atoms. The van der Waals surface area contributed by atoms with Gasteiger partial charge in [-0.1, -0.05) is 86.0 Å². The van der Waals surface area contributed by atoms with Crippen molar-refractivity contribution in [3.05, 3.63) is 0 Å². The quantitative estimate of drug-likeness (QED) is 0.0194. The van der Waals surface area contributed by atoms with Gasteiger partial charge in [0.1, 0.15) is 19.3 Å². The Bertz CT molecular complexity index is 1230. The van der Waals surface area contributed by atoms with E-state index in [1.165, 1.54) is 12.8 Å². The first-order valence-corrected chi connectivity index (χ1v) is 24.2. The molecule has 0 N–H and O–H groups in total. The summed E-state index contributed by atoms with van der Waals surface area (Å²) in [7, 11) is 3.92. The molecule has 0 aliphatic rings. The molecular formula is C50H88N2O9. The van der Waals surface area contributed by atoms with E-state index in [1.54, 1.807) is 4.90 Å². The SMILES string of the molecule is CCCCC#CCCOC(CCCCC(=O)OCC(COC(=O)CCCC)N(CCCN(C)C)C(=O)CCC(=O)OC(CCC)CCCCCC)OCCC#CCCCCC. The predicted molar refractivity (Wildman–Crippen MR) is 246 cm³/mol. The molecule has 0 aromatic rings. The molecule has 0 aliphatic carbocycles. The standard InChI is InChI=1S/C50H88N2O9/c1-8-13-17-20-22-24-29-41-58-50(57-40-28-23-21-18-14-9-2)35-27-26-34-48(55)60-43-44(42-59-47(54)33-16-11-4)52(39-30-38-51(6)7)46(53)36-37-49(56)61-45(31-12-5)32-25-19-15-10-3/h44-45,50H,8-20,25-43H2,1-7H3. The van der Waals surface area contributed by atoms with Gasteiger partial charge in [0, 0.05) is 51.5 Å². The van der Waals surface area contributed by atoms with Gasteiger partial charge in [0.15, 0.2) is 6.29 Å².